The van der Waals surface area contributed by atoms with Gasteiger partial charge in [-0.3, -0.25) is 0 Å². The first-order chi connectivity index (χ1) is 14.3. The van der Waals surface area contributed by atoms with Gasteiger partial charge in [-0.2, -0.15) is 10.2 Å². The number of nitrogens with zero attached hydrogens (tertiary/aromatic N) is 4. The van der Waals surface area contributed by atoms with Crippen LogP contribution in [0.2, 0.25) is 5.02 Å². The number of rotatable bonds is 4. The number of halogens is 1. The van der Waals surface area contributed by atoms with Crippen LogP contribution in [0, 0.1) is 18.3 Å². The van der Waals surface area contributed by atoms with E-state index in [1.807, 2.05) is 30.9 Å². The lowest BCUT2D eigenvalue weighted by Gasteiger charge is -2.46. The Balaban J connectivity index is 1.87. The number of ether oxygens (including phenoxy) is 1. The zero-order valence-corrected chi connectivity index (χ0v) is 17.6. The van der Waals surface area contributed by atoms with Gasteiger partial charge in [0.05, 0.1) is 24.2 Å². The summed E-state index contributed by atoms with van der Waals surface area (Å²) in [7, 11) is 0. The summed E-state index contributed by atoms with van der Waals surface area (Å²) in [4.78, 5) is 6.30. The van der Waals surface area contributed by atoms with Crippen molar-refractivity contribution in [3.05, 3.63) is 70.3 Å². The molecule has 1 N–H and O–H groups in total. The summed E-state index contributed by atoms with van der Waals surface area (Å²) in [5.41, 5.74) is 1.15. The first-order valence-electron chi connectivity index (χ1n) is 9.51. The minimum atomic E-state index is -0.904. The van der Waals surface area contributed by atoms with Crippen molar-refractivity contribution >= 4 is 17.3 Å². The molecular weight excluding hydrogens is 404 g/mol. The Morgan fingerprint density at radius 1 is 1.23 bits per heavy atom. The van der Waals surface area contributed by atoms with Crippen molar-refractivity contribution in [2.24, 2.45) is 0 Å². The van der Waals surface area contributed by atoms with Crippen LogP contribution in [0.1, 0.15) is 42.7 Å². The summed E-state index contributed by atoms with van der Waals surface area (Å²) >= 11 is 6.10. The number of aryl methyl sites for hydroxylation is 1. The molecule has 0 fully saturated rings. The Labute approximate surface area is 179 Å². The number of hydrogen-bond acceptors (Lipinski definition) is 7. The van der Waals surface area contributed by atoms with Gasteiger partial charge < -0.3 is 19.3 Å². The van der Waals surface area contributed by atoms with Gasteiger partial charge in [0.2, 0.25) is 5.89 Å². The molecule has 30 heavy (non-hydrogen) atoms. The molecule has 1 aromatic heterocycles. The lowest BCUT2D eigenvalue weighted by Crippen LogP contribution is -2.53. The fourth-order valence-electron chi connectivity index (χ4n) is 3.71. The normalized spacial score (nSPS) is 19.5. The number of aliphatic hydroxyl groups is 1. The summed E-state index contributed by atoms with van der Waals surface area (Å²) in [5.74, 6) is 1.56. The van der Waals surface area contributed by atoms with Crippen molar-refractivity contribution in [3.8, 4) is 11.8 Å². The van der Waals surface area contributed by atoms with Crippen molar-refractivity contribution < 1.29 is 14.4 Å². The van der Waals surface area contributed by atoms with Crippen LogP contribution < -0.4 is 9.64 Å². The second-order valence-electron chi connectivity index (χ2n) is 7.80. The van der Waals surface area contributed by atoms with Crippen LogP contribution in [0.4, 0.5) is 5.69 Å². The third-order valence-electron chi connectivity index (χ3n) is 5.21. The Bertz CT molecular complexity index is 1100. The van der Waals surface area contributed by atoms with Crippen LogP contribution in [-0.4, -0.2) is 27.0 Å². The summed E-state index contributed by atoms with van der Waals surface area (Å²) < 4.78 is 11.4. The summed E-state index contributed by atoms with van der Waals surface area (Å²) in [6.45, 7) is 5.68. The first-order valence-corrected chi connectivity index (χ1v) is 9.89. The van der Waals surface area contributed by atoms with Crippen LogP contribution in [0.3, 0.4) is 0 Å². The van der Waals surface area contributed by atoms with E-state index in [2.05, 4.69) is 16.2 Å². The number of anilines is 1. The zero-order valence-electron chi connectivity index (χ0n) is 16.8. The quantitative estimate of drug-likeness (QED) is 0.671. The fraction of sp³-hybridized carbons (Fsp3) is 0.318. The van der Waals surface area contributed by atoms with Gasteiger partial charge in [-0.25, -0.2) is 0 Å². The minimum absolute atomic E-state index is 0.260. The van der Waals surface area contributed by atoms with Gasteiger partial charge in [0, 0.05) is 16.3 Å². The average molecular weight is 425 g/mol. The Morgan fingerprint density at radius 2 is 1.97 bits per heavy atom. The third kappa shape index (κ3) is 3.72. The van der Waals surface area contributed by atoms with Crippen molar-refractivity contribution in [2.75, 3.05) is 4.90 Å². The highest BCUT2D eigenvalue weighted by molar-refractivity contribution is 6.30. The third-order valence-corrected chi connectivity index (χ3v) is 5.46. The van der Waals surface area contributed by atoms with E-state index in [1.54, 1.807) is 37.3 Å². The molecule has 2 atom stereocenters. The molecule has 0 saturated heterocycles. The van der Waals surface area contributed by atoms with Crippen LogP contribution >= 0.6 is 11.6 Å². The van der Waals surface area contributed by atoms with Crippen molar-refractivity contribution in [1.82, 2.24) is 10.1 Å². The predicted molar refractivity (Wildman–Crippen MR) is 111 cm³/mol. The molecule has 4 rings (SSSR count). The van der Waals surface area contributed by atoms with Crippen LogP contribution in [-0.2, 0) is 6.54 Å². The number of nitriles is 1. The largest absolute Gasteiger partial charge is 0.485 e. The topological polar surface area (TPSA) is 95.4 Å². The summed E-state index contributed by atoms with van der Waals surface area (Å²) in [6, 6.07) is 14.2. The number of fused-ring (bicyclic) bond motifs is 1. The highest BCUT2D eigenvalue weighted by Gasteiger charge is 2.46. The molecule has 3 aromatic rings. The van der Waals surface area contributed by atoms with Gasteiger partial charge in [-0.1, -0.05) is 16.8 Å². The van der Waals surface area contributed by atoms with Gasteiger partial charge in [0.15, 0.2) is 5.82 Å². The van der Waals surface area contributed by atoms with E-state index < -0.39 is 17.7 Å². The van der Waals surface area contributed by atoms with E-state index in [1.165, 1.54) is 0 Å². The molecule has 8 heteroatoms. The molecule has 0 amide bonds. The molecule has 0 bridgehead atoms. The molecule has 7 nitrogen and oxygen atoms in total. The molecule has 1 unspecified atom stereocenters. The molecule has 154 valence electrons. The molecule has 1 aliphatic heterocycles. The average Bonchev–Trinajstić information content (AvgIpc) is 3.13. The number of benzene rings is 2. The minimum Gasteiger partial charge on any atom is -0.485 e. The summed E-state index contributed by atoms with van der Waals surface area (Å²) in [5, 5.41) is 25.2. The van der Waals surface area contributed by atoms with Crippen molar-refractivity contribution in [3.63, 3.8) is 0 Å². The highest BCUT2D eigenvalue weighted by atomic mass is 35.5. The fourth-order valence-corrected chi connectivity index (χ4v) is 3.83. The smallest absolute Gasteiger partial charge is 0.246 e. The molecule has 0 saturated carbocycles. The maximum Gasteiger partial charge on any atom is 0.246 e. The Kier molecular flexibility index (Phi) is 5.14. The molecular formula is C22H21ClN4O3. The molecule has 2 aromatic carbocycles. The van der Waals surface area contributed by atoms with Crippen LogP contribution in [0.15, 0.2) is 47.0 Å². The number of aliphatic hydroxyl groups excluding tert-OH is 1. The summed E-state index contributed by atoms with van der Waals surface area (Å²) in [6.07, 6.45) is -0.904. The number of hydrogen-bond donors (Lipinski definition) is 1. The van der Waals surface area contributed by atoms with Crippen molar-refractivity contribution in [1.29, 1.82) is 5.26 Å². The van der Waals surface area contributed by atoms with Gasteiger partial charge in [-0.15, -0.1) is 0 Å². The molecule has 0 aliphatic carbocycles. The van der Waals surface area contributed by atoms with Gasteiger partial charge in [0.25, 0.3) is 0 Å². The predicted octanol–water partition coefficient (Wildman–Crippen LogP) is 4.18. The van der Waals surface area contributed by atoms with E-state index in [-0.39, 0.29) is 6.54 Å². The number of aromatic nitrogens is 2. The second kappa shape index (κ2) is 7.63. The van der Waals surface area contributed by atoms with Crippen LogP contribution in [0.25, 0.3) is 0 Å². The first kappa shape index (κ1) is 20.2. The molecule has 1 aliphatic rings. The van der Waals surface area contributed by atoms with Gasteiger partial charge >= 0.3 is 0 Å². The maximum absolute atomic E-state index is 11.3. The van der Waals surface area contributed by atoms with Crippen molar-refractivity contribution in [2.45, 2.75) is 45.1 Å². The van der Waals surface area contributed by atoms with E-state index in [9.17, 15) is 10.4 Å². The second-order valence-corrected chi connectivity index (χ2v) is 8.24. The van der Waals surface area contributed by atoms with E-state index in [0.29, 0.717) is 33.6 Å². The lowest BCUT2D eigenvalue weighted by atomic mass is 9.84. The Morgan fingerprint density at radius 3 is 2.60 bits per heavy atom. The van der Waals surface area contributed by atoms with E-state index in [4.69, 9.17) is 20.9 Å². The van der Waals surface area contributed by atoms with Gasteiger partial charge in [-0.05, 0) is 63.2 Å². The van der Waals surface area contributed by atoms with E-state index in [0.717, 1.165) is 5.69 Å². The highest BCUT2D eigenvalue weighted by Crippen LogP contribution is 2.45. The molecule has 0 radical (unpaired) electrons. The molecule has 0 spiro atoms. The zero-order chi connectivity index (χ0) is 21.5. The standard InChI is InChI=1S/C22H21ClN4O3/c1-13-25-19(30-26-13)12-27(16-7-5-15(23)6-8-16)20-17-10-14(11-24)4-9-18(17)29-22(2,3)21(20)28/h4-10,20-21,28H,12H2,1-3H3/t20?,21-/m1/s1. The monoisotopic (exact) mass is 424 g/mol. The van der Waals surface area contributed by atoms with Gasteiger partial charge in [0.1, 0.15) is 17.5 Å². The maximum atomic E-state index is 11.3. The molecule has 2 heterocycles. The Hall–Kier alpha value is -3.08. The van der Waals surface area contributed by atoms with E-state index >= 15 is 0 Å². The SMILES string of the molecule is Cc1noc(CN(c2ccc(Cl)cc2)C2c3cc(C#N)ccc3OC(C)(C)[C@@H]2O)n1. The lowest BCUT2D eigenvalue weighted by molar-refractivity contribution is -0.0592. The van der Waals surface area contributed by atoms with Crippen LogP contribution in [0.5, 0.6) is 5.75 Å².